The number of nitrogens with zero attached hydrogens (tertiary/aromatic N) is 1. The van der Waals surface area contributed by atoms with Crippen molar-refractivity contribution in [3.63, 3.8) is 0 Å². The molecule has 4 aromatic carbocycles. The maximum absolute atomic E-state index is 13.7. The number of methoxy groups -OCH3 is 1. The third-order valence-electron chi connectivity index (χ3n) is 6.67. The van der Waals surface area contributed by atoms with Gasteiger partial charge >= 0.3 is 0 Å². The fourth-order valence-corrected chi connectivity index (χ4v) is 5.46. The molecule has 2 amide bonds. The van der Waals surface area contributed by atoms with Crippen LogP contribution in [0.5, 0.6) is 5.75 Å². The summed E-state index contributed by atoms with van der Waals surface area (Å²) in [4.78, 5) is 28.6. The summed E-state index contributed by atoms with van der Waals surface area (Å²) < 4.78 is 51.9. The molecule has 0 saturated carbocycles. The second-order valence-corrected chi connectivity index (χ2v) is 11.6. The molecule has 4 aromatic rings. The molecule has 0 aliphatic heterocycles. The van der Waals surface area contributed by atoms with Crippen molar-refractivity contribution in [2.45, 2.75) is 23.9 Å². The van der Waals surface area contributed by atoms with E-state index in [1.807, 2.05) is 60.7 Å². The summed E-state index contributed by atoms with van der Waals surface area (Å²) in [5.41, 5.74) is 1.94. The van der Waals surface area contributed by atoms with E-state index in [-0.39, 0.29) is 48.4 Å². The molecule has 0 aliphatic carbocycles. The van der Waals surface area contributed by atoms with Crippen LogP contribution in [0.25, 0.3) is 0 Å². The zero-order chi connectivity index (χ0) is 31.4. The smallest absolute Gasteiger partial charge is 0.261 e. The number of carbonyl (C=O) groups excluding carboxylic acids is 2. The molecule has 11 heteroatoms. The van der Waals surface area contributed by atoms with Gasteiger partial charge in [0.25, 0.3) is 15.9 Å². The van der Waals surface area contributed by atoms with Gasteiger partial charge in [0.2, 0.25) is 5.91 Å². The van der Waals surface area contributed by atoms with Crippen LogP contribution in [0.4, 0.5) is 10.1 Å². The predicted octanol–water partition coefficient (Wildman–Crippen LogP) is 4.41. The van der Waals surface area contributed by atoms with Crippen LogP contribution >= 0.6 is 0 Å². The summed E-state index contributed by atoms with van der Waals surface area (Å²) in [7, 11) is -2.40. The molecule has 9 nitrogen and oxygen atoms in total. The van der Waals surface area contributed by atoms with E-state index in [1.54, 1.807) is 7.11 Å². The molecule has 0 heterocycles. The molecule has 0 spiro atoms. The van der Waals surface area contributed by atoms with Crippen LogP contribution in [0.3, 0.4) is 0 Å². The number of ether oxygens (including phenoxy) is 2. The first kappa shape index (κ1) is 32.2. The van der Waals surface area contributed by atoms with Crippen LogP contribution in [0.2, 0.25) is 0 Å². The number of amides is 2. The van der Waals surface area contributed by atoms with E-state index in [0.717, 1.165) is 23.3 Å². The van der Waals surface area contributed by atoms with E-state index >= 15 is 0 Å². The van der Waals surface area contributed by atoms with Crippen molar-refractivity contribution in [2.75, 3.05) is 31.6 Å². The van der Waals surface area contributed by atoms with Crippen LogP contribution in [-0.4, -0.2) is 58.0 Å². The van der Waals surface area contributed by atoms with Crippen LogP contribution in [0, 0.1) is 5.82 Å². The second-order valence-electron chi connectivity index (χ2n) is 9.87. The quantitative estimate of drug-likeness (QED) is 0.191. The van der Waals surface area contributed by atoms with Crippen molar-refractivity contribution in [3.05, 3.63) is 126 Å². The highest BCUT2D eigenvalue weighted by atomic mass is 32.2. The minimum Gasteiger partial charge on any atom is -0.484 e. The fraction of sp³-hybridized carbons (Fsp3) is 0.212. The SMILES string of the molecule is COCCNC(=O)C(Cc1ccccc1)N(Cc1ccccc1)C(=O)COc1ccc(S(=O)(=O)Nc2ccc(F)cc2)cc1. The summed E-state index contributed by atoms with van der Waals surface area (Å²) in [6.45, 7) is 0.397. The van der Waals surface area contributed by atoms with E-state index in [1.165, 1.54) is 41.3 Å². The van der Waals surface area contributed by atoms with Gasteiger partial charge in [-0.2, -0.15) is 0 Å². The largest absolute Gasteiger partial charge is 0.484 e. The van der Waals surface area contributed by atoms with Crippen LogP contribution < -0.4 is 14.8 Å². The van der Waals surface area contributed by atoms with Crippen molar-refractivity contribution in [3.8, 4) is 5.75 Å². The molecule has 1 atom stereocenters. The maximum atomic E-state index is 13.7. The molecule has 0 bridgehead atoms. The Kier molecular flexibility index (Phi) is 11.4. The standard InChI is InChI=1S/C33H34FN3O6S/c1-42-21-20-35-33(39)31(22-25-8-4-2-5-9-25)37(23-26-10-6-3-7-11-26)32(38)24-43-29-16-18-30(19-17-29)44(40,41)36-28-14-12-27(34)13-15-28/h2-19,31,36H,20-24H2,1H3,(H,35,39). The Morgan fingerprint density at radius 1 is 0.841 bits per heavy atom. The highest BCUT2D eigenvalue weighted by Crippen LogP contribution is 2.21. The number of carbonyl (C=O) groups is 2. The average molecular weight is 620 g/mol. The van der Waals surface area contributed by atoms with Gasteiger partial charge in [-0.25, -0.2) is 12.8 Å². The lowest BCUT2D eigenvalue weighted by molar-refractivity contribution is -0.142. The Morgan fingerprint density at radius 2 is 1.45 bits per heavy atom. The normalized spacial score (nSPS) is 11.8. The van der Waals surface area contributed by atoms with Gasteiger partial charge in [0.15, 0.2) is 6.61 Å². The van der Waals surface area contributed by atoms with E-state index in [0.29, 0.717) is 6.61 Å². The molecular formula is C33H34FN3O6S. The summed E-state index contributed by atoms with van der Waals surface area (Å²) in [6.07, 6.45) is 0.284. The summed E-state index contributed by atoms with van der Waals surface area (Å²) in [6, 6.07) is 28.5. The Balaban J connectivity index is 1.50. The molecule has 0 saturated heterocycles. The number of nitrogens with one attached hydrogen (secondary N) is 2. The van der Waals surface area contributed by atoms with Gasteiger partial charge in [-0.3, -0.25) is 14.3 Å². The van der Waals surface area contributed by atoms with Gasteiger partial charge in [0.05, 0.1) is 11.5 Å². The van der Waals surface area contributed by atoms with E-state index in [4.69, 9.17) is 9.47 Å². The lowest BCUT2D eigenvalue weighted by Crippen LogP contribution is -2.52. The highest BCUT2D eigenvalue weighted by Gasteiger charge is 2.30. The molecule has 4 rings (SSSR count). The van der Waals surface area contributed by atoms with Crippen LogP contribution in [0.1, 0.15) is 11.1 Å². The Bertz CT molecular complexity index is 1600. The van der Waals surface area contributed by atoms with Crippen molar-refractivity contribution in [1.29, 1.82) is 0 Å². The molecule has 0 fully saturated rings. The number of benzene rings is 4. The Morgan fingerprint density at radius 3 is 2.07 bits per heavy atom. The van der Waals surface area contributed by atoms with Crippen molar-refractivity contribution in [1.82, 2.24) is 10.2 Å². The summed E-state index contributed by atoms with van der Waals surface area (Å²) in [5, 5.41) is 2.86. The van der Waals surface area contributed by atoms with Crippen molar-refractivity contribution in [2.24, 2.45) is 0 Å². The first-order valence-corrected chi connectivity index (χ1v) is 15.4. The van der Waals surface area contributed by atoms with E-state index in [2.05, 4.69) is 10.0 Å². The highest BCUT2D eigenvalue weighted by molar-refractivity contribution is 7.92. The zero-order valence-corrected chi connectivity index (χ0v) is 25.0. The Labute approximate surface area is 256 Å². The molecule has 44 heavy (non-hydrogen) atoms. The topological polar surface area (TPSA) is 114 Å². The van der Waals surface area contributed by atoms with Crippen LogP contribution in [0.15, 0.2) is 114 Å². The first-order valence-electron chi connectivity index (χ1n) is 13.9. The number of halogens is 1. The zero-order valence-electron chi connectivity index (χ0n) is 24.2. The second kappa shape index (κ2) is 15.6. The van der Waals surface area contributed by atoms with E-state index < -0.39 is 27.8 Å². The van der Waals surface area contributed by atoms with Gasteiger partial charge in [0.1, 0.15) is 17.6 Å². The van der Waals surface area contributed by atoms with Gasteiger partial charge in [-0.05, 0) is 59.7 Å². The lowest BCUT2D eigenvalue weighted by atomic mass is 10.0. The maximum Gasteiger partial charge on any atom is 0.261 e. The monoisotopic (exact) mass is 619 g/mol. The Hall–Kier alpha value is -4.74. The predicted molar refractivity (Wildman–Crippen MR) is 165 cm³/mol. The molecular weight excluding hydrogens is 585 g/mol. The van der Waals surface area contributed by atoms with Gasteiger partial charge < -0.3 is 19.7 Å². The molecule has 1 unspecified atom stereocenters. The van der Waals surface area contributed by atoms with Gasteiger partial charge in [0, 0.05) is 32.3 Å². The fourth-order valence-electron chi connectivity index (χ4n) is 4.40. The van der Waals surface area contributed by atoms with Crippen LogP contribution in [-0.2, 0) is 37.3 Å². The van der Waals surface area contributed by atoms with Crippen molar-refractivity contribution < 1.29 is 31.9 Å². The van der Waals surface area contributed by atoms with E-state index in [9.17, 15) is 22.4 Å². The lowest BCUT2D eigenvalue weighted by Gasteiger charge is -2.31. The number of sulfonamides is 1. The minimum absolute atomic E-state index is 0.0399. The number of hydrogen-bond donors (Lipinski definition) is 2. The summed E-state index contributed by atoms with van der Waals surface area (Å²) >= 11 is 0. The minimum atomic E-state index is -3.94. The third-order valence-corrected chi connectivity index (χ3v) is 8.06. The molecule has 0 aromatic heterocycles. The van der Waals surface area contributed by atoms with Crippen molar-refractivity contribution >= 4 is 27.5 Å². The average Bonchev–Trinajstić information content (AvgIpc) is 3.04. The van der Waals surface area contributed by atoms with Gasteiger partial charge in [-0.15, -0.1) is 0 Å². The van der Waals surface area contributed by atoms with Gasteiger partial charge in [-0.1, -0.05) is 60.7 Å². The number of hydrogen-bond acceptors (Lipinski definition) is 6. The number of anilines is 1. The molecule has 0 aliphatic rings. The third kappa shape index (κ3) is 9.38. The number of rotatable bonds is 15. The molecule has 0 radical (unpaired) electrons. The first-order chi connectivity index (χ1) is 21.2. The molecule has 230 valence electrons. The summed E-state index contributed by atoms with van der Waals surface area (Å²) in [5.74, 6) is -0.961. The molecule has 2 N–H and O–H groups in total.